The molecule has 4 heteroatoms. The van der Waals surface area contributed by atoms with Crippen LogP contribution in [0.5, 0.6) is 0 Å². The molecule has 2 rings (SSSR count). The van der Waals surface area contributed by atoms with Gasteiger partial charge in [0.25, 0.3) is 5.91 Å². The van der Waals surface area contributed by atoms with Gasteiger partial charge in [0, 0.05) is 5.39 Å². The van der Waals surface area contributed by atoms with E-state index in [4.69, 9.17) is 5.73 Å². The first-order valence-corrected chi connectivity index (χ1v) is 4.68. The molecule has 0 aliphatic carbocycles. The number of fused-ring (bicyclic) bond motifs is 1. The average Bonchev–Trinajstić information content (AvgIpc) is 2.70. The molecule has 16 heavy (non-hydrogen) atoms. The lowest BCUT2D eigenvalue weighted by Gasteiger charge is -1.95. The second-order valence-electron chi connectivity index (χ2n) is 3.31. The largest absolute Gasteiger partial charge is 0.364 e. The van der Waals surface area contributed by atoms with Crippen LogP contribution in [0.4, 0.5) is 0 Å². The predicted octanol–water partition coefficient (Wildman–Crippen LogP) is 1.39. The zero-order chi connectivity index (χ0) is 11.5. The standard InChI is InChI=1S/C12H9N2O2/c13-12(16)10-7-9-4-1-3-8(5-2-6-15)11(9)14-10/h1-5,7,14H,(H2,13,16)/b5-2+. The topological polar surface area (TPSA) is 76.0 Å². The van der Waals surface area contributed by atoms with Gasteiger partial charge >= 0.3 is 0 Å². The number of aromatic amines is 1. The number of para-hydroxylation sites is 1. The molecule has 0 bridgehead atoms. The van der Waals surface area contributed by atoms with Crippen LogP contribution >= 0.6 is 0 Å². The molecule has 0 atom stereocenters. The molecule has 1 heterocycles. The number of primary amides is 1. The molecule has 1 aromatic heterocycles. The summed E-state index contributed by atoms with van der Waals surface area (Å²) in [5.74, 6) is -0.506. The highest BCUT2D eigenvalue weighted by atomic mass is 16.1. The molecular formula is C12H9N2O2. The van der Waals surface area contributed by atoms with Crippen LogP contribution < -0.4 is 5.73 Å². The van der Waals surface area contributed by atoms with E-state index in [9.17, 15) is 9.59 Å². The quantitative estimate of drug-likeness (QED) is 0.756. The number of carbonyl (C=O) groups excluding carboxylic acids is 2. The highest BCUT2D eigenvalue weighted by molar-refractivity contribution is 5.99. The number of rotatable bonds is 3. The number of nitrogens with two attached hydrogens (primary N) is 1. The monoisotopic (exact) mass is 213 g/mol. The van der Waals surface area contributed by atoms with Crippen LogP contribution in [-0.2, 0) is 4.79 Å². The Morgan fingerprint density at radius 1 is 1.44 bits per heavy atom. The molecule has 1 radical (unpaired) electrons. The number of nitrogens with one attached hydrogen (secondary N) is 1. The molecule has 79 valence electrons. The van der Waals surface area contributed by atoms with Crippen molar-refractivity contribution in [2.45, 2.75) is 0 Å². The zero-order valence-corrected chi connectivity index (χ0v) is 8.36. The minimum atomic E-state index is -0.506. The normalized spacial score (nSPS) is 11.0. The van der Waals surface area contributed by atoms with Crippen LogP contribution in [-0.4, -0.2) is 17.2 Å². The van der Waals surface area contributed by atoms with Crippen LogP contribution in [0.15, 0.2) is 30.3 Å². The summed E-state index contributed by atoms with van der Waals surface area (Å²) in [6.45, 7) is 0. The average molecular weight is 213 g/mol. The first-order valence-electron chi connectivity index (χ1n) is 4.68. The van der Waals surface area contributed by atoms with E-state index in [0.29, 0.717) is 5.69 Å². The number of H-pyrrole nitrogens is 1. The van der Waals surface area contributed by atoms with Gasteiger partial charge in [-0.05, 0) is 23.8 Å². The number of benzene rings is 1. The third-order valence-electron chi connectivity index (χ3n) is 2.28. The molecule has 0 aliphatic rings. The Labute approximate surface area is 91.8 Å². The van der Waals surface area contributed by atoms with Gasteiger partial charge in [0.1, 0.15) is 5.69 Å². The fraction of sp³-hybridized carbons (Fsp3) is 0. The van der Waals surface area contributed by atoms with E-state index in [1.54, 1.807) is 18.4 Å². The van der Waals surface area contributed by atoms with Crippen LogP contribution in [0.3, 0.4) is 0 Å². The molecule has 1 aromatic carbocycles. The van der Waals surface area contributed by atoms with Gasteiger partial charge in [-0.3, -0.25) is 9.59 Å². The van der Waals surface area contributed by atoms with Crippen LogP contribution in [0, 0.1) is 0 Å². The van der Waals surface area contributed by atoms with E-state index in [1.807, 2.05) is 18.2 Å². The first kappa shape index (κ1) is 10.2. The van der Waals surface area contributed by atoms with Gasteiger partial charge in [-0.2, -0.15) is 0 Å². The highest BCUT2D eigenvalue weighted by Gasteiger charge is 2.06. The van der Waals surface area contributed by atoms with Gasteiger partial charge in [0.15, 0.2) is 0 Å². The molecule has 0 saturated heterocycles. The van der Waals surface area contributed by atoms with Gasteiger partial charge < -0.3 is 10.7 Å². The van der Waals surface area contributed by atoms with Crippen molar-refractivity contribution < 1.29 is 9.59 Å². The molecular weight excluding hydrogens is 204 g/mol. The minimum Gasteiger partial charge on any atom is -0.364 e. The summed E-state index contributed by atoms with van der Waals surface area (Å²) in [7, 11) is 0. The van der Waals surface area contributed by atoms with E-state index in [1.165, 1.54) is 6.08 Å². The highest BCUT2D eigenvalue weighted by Crippen LogP contribution is 2.20. The van der Waals surface area contributed by atoms with Crippen molar-refractivity contribution in [2.75, 3.05) is 0 Å². The van der Waals surface area contributed by atoms with Crippen molar-refractivity contribution in [3.8, 4) is 0 Å². The van der Waals surface area contributed by atoms with Crippen LogP contribution in [0.2, 0.25) is 0 Å². The minimum absolute atomic E-state index is 0.353. The Kier molecular flexibility index (Phi) is 2.55. The van der Waals surface area contributed by atoms with Crippen molar-refractivity contribution in [3.05, 3.63) is 41.6 Å². The van der Waals surface area contributed by atoms with E-state index >= 15 is 0 Å². The summed E-state index contributed by atoms with van der Waals surface area (Å²) in [4.78, 5) is 24.1. The Morgan fingerprint density at radius 3 is 2.94 bits per heavy atom. The Morgan fingerprint density at radius 2 is 2.25 bits per heavy atom. The Hall–Kier alpha value is -2.36. The van der Waals surface area contributed by atoms with Crippen molar-refractivity contribution in [1.29, 1.82) is 0 Å². The van der Waals surface area contributed by atoms with Gasteiger partial charge in [-0.25, -0.2) is 0 Å². The number of aromatic nitrogens is 1. The molecule has 0 fully saturated rings. The Balaban J connectivity index is 2.62. The van der Waals surface area contributed by atoms with Gasteiger partial charge in [0.2, 0.25) is 6.29 Å². The summed E-state index contributed by atoms with van der Waals surface area (Å²) in [5, 5.41) is 0.877. The van der Waals surface area contributed by atoms with Crippen molar-refractivity contribution >= 4 is 29.2 Å². The van der Waals surface area contributed by atoms with Crippen LogP contribution in [0.25, 0.3) is 17.0 Å². The fourth-order valence-corrected chi connectivity index (χ4v) is 1.58. The molecule has 2 aromatic rings. The lowest BCUT2D eigenvalue weighted by molar-refractivity contribution is 0.0996. The first-order chi connectivity index (χ1) is 7.72. The summed E-state index contributed by atoms with van der Waals surface area (Å²) >= 11 is 0. The number of allylic oxidation sites excluding steroid dienone is 1. The Bertz CT molecular complexity index is 582. The molecule has 0 saturated carbocycles. The maximum Gasteiger partial charge on any atom is 0.265 e. The second kappa shape index (κ2) is 4.02. The van der Waals surface area contributed by atoms with Crippen molar-refractivity contribution in [2.24, 2.45) is 5.73 Å². The third-order valence-corrected chi connectivity index (χ3v) is 2.28. The molecule has 0 unspecified atom stereocenters. The molecule has 0 spiro atoms. The van der Waals surface area contributed by atoms with Gasteiger partial charge in [-0.15, -0.1) is 0 Å². The van der Waals surface area contributed by atoms with E-state index in [0.717, 1.165) is 16.5 Å². The third kappa shape index (κ3) is 1.72. The second-order valence-corrected chi connectivity index (χ2v) is 3.31. The number of hydrogen-bond donors (Lipinski definition) is 2. The summed E-state index contributed by atoms with van der Waals surface area (Å²) in [5.41, 5.74) is 7.12. The van der Waals surface area contributed by atoms with E-state index in [-0.39, 0.29) is 0 Å². The lowest BCUT2D eigenvalue weighted by atomic mass is 10.1. The fourth-order valence-electron chi connectivity index (χ4n) is 1.58. The smallest absolute Gasteiger partial charge is 0.265 e. The molecule has 4 nitrogen and oxygen atoms in total. The number of carbonyl (C=O) groups is 1. The summed E-state index contributed by atoms with van der Waals surface area (Å²) < 4.78 is 0. The SMILES string of the molecule is NC(=O)c1cc2cccc(/C=C/[C]=O)c2[nH]1. The van der Waals surface area contributed by atoms with Crippen LogP contribution in [0.1, 0.15) is 16.1 Å². The summed E-state index contributed by atoms with van der Waals surface area (Å²) in [6.07, 6.45) is 4.57. The number of amides is 1. The van der Waals surface area contributed by atoms with E-state index < -0.39 is 5.91 Å². The maximum atomic E-state index is 11.0. The van der Waals surface area contributed by atoms with Gasteiger partial charge in [-0.1, -0.05) is 18.2 Å². The maximum absolute atomic E-state index is 11.0. The van der Waals surface area contributed by atoms with Gasteiger partial charge in [0.05, 0.1) is 5.52 Å². The molecule has 3 N–H and O–H groups in total. The van der Waals surface area contributed by atoms with Crippen molar-refractivity contribution in [3.63, 3.8) is 0 Å². The molecule has 1 amide bonds. The van der Waals surface area contributed by atoms with E-state index in [2.05, 4.69) is 4.98 Å². The summed E-state index contributed by atoms with van der Waals surface area (Å²) in [6, 6.07) is 7.21. The lowest BCUT2D eigenvalue weighted by Crippen LogP contribution is -2.10. The zero-order valence-electron chi connectivity index (χ0n) is 8.36. The number of hydrogen-bond acceptors (Lipinski definition) is 2. The predicted molar refractivity (Wildman–Crippen MR) is 61.5 cm³/mol. The molecule has 0 aliphatic heterocycles. The van der Waals surface area contributed by atoms with Crippen molar-refractivity contribution in [1.82, 2.24) is 4.98 Å².